The third-order valence-corrected chi connectivity index (χ3v) is 3.85. The molecule has 0 saturated heterocycles. The van der Waals surface area contributed by atoms with Crippen LogP contribution in [0.2, 0.25) is 5.02 Å². The van der Waals surface area contributed by atoms with Crippen LogP contribution in [0.3, 0.4) is 0 Å². The first-order chi connectivity index (χ1) is 8.11. The van der Waals surface area contributed by atoms with Crippen LogP contribution < -0.4 is 0 Å². The summed E-state index contributed by atoms with van der Waals surface area (Å²) in [6.45, 7) is 0. The molecule has 1 aliphatic rings. The van der Waals surface area contributed by atoms with Crippen LogP contribution >= 0.6 is 11.6 Å². The Kier molecular flexibility index (Phi) is 4.08. The van der Waals surface area contributed by atoms with E-state index in [0.717, 1.165) is 36.3 Å². The van der Waals surface area contributed by atoms with Crippen LogP contribution in [0.5, 0.6) is 0 Å². The van der Waals surface area contributed by atoms with Gasteiger partial charge in [-0.05, 0) is 43.4 Å². The zero-order valence-corrected chi connectivity index (χ0v) is 10.9. The molecule has 0 amide bonds. The fourth-order valence-corrected chi connectivity index (χ4v) is 2.78. The zero-order chi connectivity index (χ0) is 12.3. The zero-order valence-electron chi connectivity index (χ0n) is 10.2. The van der Waals surface area contributed by atoms with E-state index in [1.807, 2.05) is 24.3 Å². The van der Waals surface area contributed by atoms with Gasteiger partial charge in [-0.15, -0.1) is 0 Å². The van der Waals surface area contributed by atoms with E-state index < -0.39 is 5.60 Å². The maximum Gasteiger partial charge on any atom is 0.0689 e. The monoisotopic (exact) mass is 254 g/mol. The van der Waals surface area contributed by atoms with Crippen molar-refractivity contribution in [2.24, 2.45) is 0 Å². The van der Waals surface area contributed by atoms with Crippen LogP contribution in [0.25, 0.3) is 0 Å². The van der Waals surface area contributed by atoms with Gasteiger partial charge >= 0.3 is 0 Å². The van der Waals surface area contributed by atoms with Crippen molar-refractivity contribution in [1.82, 2.24) is 0 Å². The molecule has 1 aromatic rings. The molecule has 0 bridgehead atoms. The maximum atomic E-state index is 10.5. The van der Waals surface area contributed by atoms with Crippen LogP contribution in [0.4, 0.5) is 0 Å². The topological polar surface area (TPSA) is 29.5 Å². The largest absolute Gasteiger partial charge is 0.390 e. The van der Waals surface area contributed by atoms with Gasteiger partial charge < -0.3 is 9.84 Å². The molecule has 1 saturated carbocycles. The van der Waals surface area contributed by atoms with E-state index in [4.69, 9.17) is 16.3 Å². The minimum Gasteiger partial charge on any atom is -0.390 e. The van der Waals surface area contributed by atoms with Crippen molar-refractivity contribution < 1.29 is 9.84 Å². The van der Waals surface area contributed by atoms with E-state index in [1.54, 1.807) is 7.11 Å². The molecule has 17 heavy (non-hydrogen) atoms. The Bertz CT molecular complexity index is 370. The average molecular weight is 255 g/mol. The summed E-state index contributed by atoms with van der Waals surface area (Å²) in [6.07, 6.45) is 4.48. The molecular formula is C14H19ClO2. The lowest BCUT2D eigenvalue weighted by Gasteiger charge is -2.35. The van der Waals surface area contributed by atoms with Crippen LogP contribution in [0.1, 0.15) is 31.2 Å². The normalized spacial score (nSPS) is 29.2. The highest BCUT2D eigenvalue weighted by molar-refractivity contribution is 6.30. The molecule has 0 aromatic heterocycles. The van der Waals surface area contributed by atoms with Crippen LogP contribution in [0.15, 0.2) is 24.3 Å². The summed E-state index contributed by atoms with van der Waals surface area (Å²) in [5.41, 5.74) is 0.524. The van der Waals surface area contributed by atoms with Crippen LogP contribution in [0, 0.1) is 0 Å². The smallest absolute Gasteiger partial charge is 0.0689 e. The van der Waals surface area contributed by atoms with Crippen molar-refractivity contribution >= 4 is 11.6 Å². The summed E-state index contributed by atoms with van der Waals surface area (Å²) in [5, 5.41) is 11.3. The maximum absolute atomic E-state index is 10.5. The van der Waals surface area contributed by atoms with Gasteiger partial charge in [-0.3, -0.25) is 0 Å². The lowest BCUT2D eigenvalue weighted by atomic mass is 9.79. The molecular weight excluding hydrogens is 236 g/mol. The highest BCUT2D eigenvalue weighted by atomic mass is 35.5. The van der Waals surface area contributed by atoms with E-state index in [9.17, 15) is 5.11 Å². The van der Waals surface area contributed by atoms with Crippen molar-refractivity contribution in [2.45, 2.75) is 43.8 Å². The SMILES string of the molecule is COC1CCC(O)(Cc2cccc(Cl)c2)CC1. The molecule has 94 valence electrons. The Hall–Kier alpha value is -0.570. The highest BCUT2D eigenvalue weighted by Crippen LogP contribution is 2.32. The minimum absolute atomic E-state index is 0.314. The third kappa shape index (κ3) is 3.44. The van der Waals surface area contributed by atoms with E-state index in [-0.39, 0.29) is 0 Å². The molecule has 1 aliphatic carbocycles. The standard InChI is InChI=1S/C14H19ClO2/c1-17-13-5-7-14(16,8-6-13)10-11-3-2-4-12(15)9-11/h2-4,9,13,16H,5-8,10H2,1H3. The van der Waals surface area contributed by atoms with E-state index in [1.165, 1.54) is 0 Å². The number of ether oxygens (including phenoxy) is 1. The number of hydrogen-bond donors (Lipinski definition) is 1. The third-order valence-electron chi connectivity index (χ3n) is 3.62. The second-order valence-electron chi connectivity index (χ2n) is 4.97. The summed E-state index contributed by atoms with van der Waals surface area (Å²) in [5.74, 6) is 0. The lowest BCUT2D eigenvalue weighted by Crippen LogP contribution is -2.38. The fourth-order valence-electron chi connectivity index (χ4n) is 2.57. The number of methoxy groups -OCH3 is 1. The predicted molar refractivity (Wildman–Crippen MR) is 69.4 cm³/mol. The van der Waals surface area contributed by atoms with Crippen molar-refractivity contribution in [1.29, 1.82) is 0 Å². The summed E-state index contributed by atoms with van der Waals surface area (Å²) in [7, 11) is 1.74. The molecule has 2 nitrogen and oxygen atoms in total. The van der Waals surface area contributed by atoms with Gasteiger partial charge in [0.25, 0.3) is 0 Å². The van der Waals surface area contributed by atoms with Gasteiger partial charge in [-0.25, -0.2) is 0 Å². The predicted octanol–water partition coefficient (Wildman–Crippen LogP) is 3.20. The van der Waals surface area contributed by atoms with Gasteiger partial charge in [0.1, 0.15) is 0 Å². The summed E-state index contributed by atoms with van der Waals surface area (Å²) in [6, 6.07) is 7.74. The molecule has 0 aliphatic heterocycles. The molecule has 0 atom stereocenters. The van der Waals surface area contributed by atoms with Crippen LogP contribution in [-0.4, -0.2) is 23.9 Å². The number of hydrogen-bond acceptors (Lipinski definition) is 2. The number of halogens is 1. The Balaban J connectivity index is 1.99. The number of aliphatic hydroxyl groups is 1. The van der Waals surface area contributed by atoms with Gasteiger partial charge in [0.15, 0.2) is 0 Å². The fraction of sp³-hybridized carbons (Fsp3) is 0.571. The number of benzene rings is 1. The van der Waals surface area contributed by atoms with Gasteiger partial charge in [-0.2, -0.15) is 0 Å². The number of rotatable bonds is 3. The molecule has 1 fully saturated rings. The van der Waals surface area contributed by atoms with E-state index in [2.05, 4.69) is 0 Å². The molecule has 3 heteroatoms. The Morgan fingerprint density at radius 1 is 1.41 bits per heavy atom. The second-order valence-corrected chi connectivity index (χ2v) is 5.40. The van der Waals surface area contributed by atoms with Crippen molar-refractivity contribution in [3.63, 3.8) is 0 Å². The highest BCUT2D eigenvalue weighted by Gasteiger charge is 2.33. The molecule has 1 N–H and O–H groups in total. The summed E-state index contributed by atoms with van der Waals surface area (Å²) >= 11 is 5.95. The first-order valence-corrected chi connectivity index (χ1v) is 6.49. The Labute approximate surface area is 108 Å². The second kappa shape index (κ2) is 5.38. The molecule has 0 radical (unpaired) electrons. The molecule has 1 aromatic carbocycles. The first-order valence-electron chi connectivity index (χ1n) is 6.11. The van der Waals surface area contributed by atoms with Gasteiger partial charge in [0.2, 0.25) is 0 Å². The summed E-state index contributed by atoms with van der Waals surface area (Å²) in [4.78, 5) is 0. The van der Waals surface area contributed by atoms with E-state index in [0.29, 0.717) is 12.5 Å². The summed E-state index contributed by atoms with van der Waals surface area (Å²) < 4.78 is 5.32. The average Bonchev–Trinajstić information content (AvgIpc) is 2.29. The molecule has 2 rings (SSSR count). The van der Waals surface area contributed by atoms with E-state index >= 15 is 0 Å². The van der Waals surface area contributed by atoms with Crippen molar-refractivity contribution in [3.05, 3.63) is 34.9 Å². The minimum atomic E-state index is -0.584. The van der Waals surface area contributed by atoms with Gasteiger partial charge in [-0.1, -0.05) is 23.7 Å². The molecule has 0 unspecified atom stereocenters. The lowest BCUT2D eigenvalue weighted by molar-refractivity contribution is -0.0427. The Morgan fingerprint density at radius 2 is 2.12 bits per heavy atom. The van der Waals surface area contributed by atoms with Crippen molar-refractivity contribution in [2.75, 3.05) is 7.11 Å². The Morgan fingerprint density at radius 3 is 2.71 bits per heavy atom. The van der Waals surface area contributed by atoms with Gasteiger partial charge in [0.05, 0.1) is 11.7 Å². The molecule has 0 heterocycles. The molecule has 0 spiro atoms. The van der Waals surface area contributed by atoms with Crippen LogP contribution in [-0.2, 0) is 11.2 Å². The van der Waals surface area contributed by atoms with Crippen molar-refractivity contribution in [3.8, 4) is 0 Å². The quantitative estimate of drug-likeness (QED) is 0.898. The first kappa shape index (κ1) is 12.9. The van der Waals surface area contributed by atoms with Gasteiger partial charge in [0, 0.05) is 18.6 Å².